The molecule has 0 radical (unpaired) electrons. The van der Waals surface area contributed by atoms with Gasteiger partial charge in [0.25, 0.3) is 5.56 Å². The van der Waals surface area contributed by atoms with Gasteiger partial charge in [0, 0.05) is 36.9 Å². The molecule has 1 aromatic carbocycles. The van der Waals surface area contributed by atoms with E-state index in [1.54, 1.807) is 24.3 Å². The molecular weight excluding hydrogens is 412 g/mol. The highest BCUT2D eigenvalue weighted by Crippen LogP contribution is 2.26. The Bertz CT molecular complexity index is 1090. The van der Waals surface area contributed by atoms with Crippen molar-refractivity contribution in [3.8, 4) is 0 Å². The van der Waals surface area contributed by atoms with Gasteiger partial charge in [-0.3, -0.25) is 14.2 Å². The molecule has 4 rings (SSSR count). The predicted octanol–water partition coefficient (Wildman–Crippen LogP) is 2.29. The molecular formula is C19H21ClN6O2S. The van der Waals surface area contributed by atoms with Crippen LogP contribution in [0.3, 0.4) is 0 Å². The number of halogens is 1. The largest absolute Gasteiger partial charge is 0.345 e. The summed E-state index contributed by atoms with van der Waals surface area (Å²) in [4.78, 5) is 38.5. The van der Waals surface area contributed by atoms with Gasteiger partial charge in [-0.1, -0.05) is 35.9 Å². The predicted molar refractivity (Wildman–Crippen MR) is 116 cm³/mol. The van der Waals surface area contributed by atoms with Gasteiger partial charge in [0.2, 0.25) is 5.91 Å². The van der Waals surface area contributed by atoms with Crippen molar-refractivity contribution >= 4 is 50.0 Å². The van der Waals surface area contributed by atoms with Crippen molar-refractivity contribution in [2.24, 2.45) is 0 Å². The fourth-order valence-corrected chi connectivity index (χ4v) is 4.47. The van der Waals surface area contributed by atoms with Gasteiger partial charge in [0.15, 0.2) is 10.8 Å². The Morgan fingerprint density at radius 1 is 1.28 bits per heavy atom. The van der Waals surface area contributed by atoms with Gasteiger partial charge in [-0.05, 0) is 24.7 Å². The molecule has 1 aliphatic rings. The summed E-state index contributed by atoms with van der Waals surface area (Å²) in [5, 5.41) is 4.07. The van der Waals surface area contributed by atoms with E-state index in [0.717, 1.165) is 37.9 Å². The zero-order chi connectivity index (χ0) is 20.4. The minimum absolute atomic E-state index is 0.128. The molecule has 10 heteroatoms. The van der Waals surface area contributed by atoms with Gasteiger partial charge in [0.1, 0.15) is 17.6 Å². The maximum Gasteiger partial charge on any atom is 0.273 e. The molecule has 0 bridgehead atoms. The molecule has 29 heavy (non-hydrogen) atoms. The lowest BCUT2D eigenvalue weighted by atomic mass is 10.3. The quantitative estimate of drug-likeness (QED) is 0.666. The first-order chi connectivity index (χ1) is 14.0. The third-order valence-electron chi connectivity index (χ3n) is 4.88. The molecule has 1 aliphatic heterocycles. The van der Waals surface area contributed by atoms with Crippen molar-refractivity contribution in [1.82, 2.24) is 19.4 Å². The number of nitrogens with zero attached hydrogens (tertiary/aromatic N) is 5. The van der Waals surface area contributed by atoms with Gasteiger partial charge in [0.05, 0.1) is 0 Å². The van der Waals surface area contributed by atoms with Crippen molar-refractivity contribution in [3.05, 3.63) is 46.0 Å². The second kappa shape index (κ2) is 8.48. The Morgan fingerprint density at radius 2 is 2.07 bits per heavy atom. The van der Waals surface area contributed by atoms with Crippen LogP contribution in [0.5, 0.6) is 0 Å². The molecule has 1 amide bonds. The number of fused-ring (bicyclic) bond motifs is 1. The Labute approximate surface area is 176 Å². The van der Waals surface area contributed by atoms with E-state index in [-0.39, 0.29) is 18.0 Å². The molecule has 152 valence electrons. The average molecular weight is 433 g/mol. The minimum atomic E-state index is -0.323. The lowest BCUT2D eigenvalue weighted by Gasteiger charge is -2.33. The lowest BCUT2D eigenvalue weighted by Crippen LogP contribution is -2.46. The SMILES string of the molecule is CCN1CCN(c2nc3ncn(CC(=O)Nc4cccc(Cl)c4)c(=O)c3s2)CC1. The van der Waals surface area contributed by atoms with E-state index >= 15 is 0 Å². The molecule has 0 unspecified atom stereocenters. The molecule has 8 nitrogen and oxygen atoms in total. The van der Waals surface area contributed by atoms with E-state index in [1.165, 1.54) is 22.2 Å². The van der Waals surface area contributed by atoms with Crippen LogP contribution in [0.4, 0.5) is 10.8 Å². The average Bonchev–Trinajstić information content (AvgIpc) is 3.15. The summed E-state index contributed by atoms with van der Waals surface area (Å²) < 4.78 is 1.77. The summed E-state index contributed by atoms with van der Waals surface area (Å²) in [6.07, 6.45) is 1.38. The van der Waals surface area contributed by atoms with E-state index in [9.17, 15) is 9.59 Å². The van der Waals surface area contributed by atoms with Crippen LogP contribution < -0.4 is 15.8 Å². The first kappa shape index (κ1) is 19.8. The summed E-state index contributed by atoms with van der Waals surface area (Å²) in [7, 11) is 0. The number of carbonyl (C=O) groups excluding carboxylic acids is 1. The summed E-state index contributed by atoms with van der Waals surface area (Å²) in [6, 6.07) is 6.86. The van der Waals surface area contributed by atoms with Crippen molar-refractivity contribution in [2.75, 3.05) is 42.9 Å². The number of carbonyl (C=O) groups is 1. The monoisotopic (exact) mass is 432 g/mol. The van der Waals surface area contributed by atoms with Gasteiger partial charge in [-0.25, -0.2) is 4.98 Å². The highest BCUT2D eigenvalue weighted by molar-refractivity contribution is 7.22. The number of benzene rings is 1. The van der Waals surface area contributed by atoms with Gasteiger partial charge >= 0.3 is 0 Å². The van der Waals surface area contributed by atoms with Gasteiger partial charge < -0.3 is 15.1 Å². The second-order valence-corrected chi connectivity index (χ2v) is 8.22. The minimum Gasteiger partial charge on any atom is -0.345 e. The van der Waals surface area contributed by atoms with E-state index in [1.807, 2.05) is 0 Å². The lowest BCUT2D eigenvalue weighted by molar-refractivity contribution is -0.116. The standard InChI is InChI=1S/C19H21ClN6O2S/c1-2-24-6-8-25(9-7-24)19-23-17-16(29-19)18(28)26(12-21-17)11-15(27)22-14-5-3-4-13(20)10-14/h3-5,10,12H,2,6-9,11H2,1H3,(H,22,27). The summed E-state index contributed by atoms with van der Waals surface area (Å²) in [6.45, 7) is 6.78. The van der Waals surface area contributed by atoms with Crippen LogP contribution >= 0.6 is 22.9 Å². The zero-order valence-corrected chi connectivity index (χ0v) is 17.5. The Balaban J connectivity index is 1.50. The topological polar surface area (TPSA) is 83.4 Å². The number of rotatable bonds is 5. The van der Waals surface area contributed by atoms with Crippen LogP contribution in [0.25, 0.3) is 10.3 Å². The highest BCUT2D eigenvalue weighted by atomic mass is 35.5. The number of thiazole rings is 1. The highest BCUT2D eigenvalue weighted by Gasteiger charge is 2.20. The molecule has 0 aliphatic carbocycles. The van der Waals surface area contributed by atoms with Crippen molar-refractivity contribution in [2.45, 2.75) is 13.5 Å². The molecule has 0 saturated carbocycles. The summed E-state index contributed by atoms with van der Waals surface area (Å²) >= 11 is 7.27. The Kier molecular flexibility index (Phi) is 5.79. The Morgan fingerprint density at radius 3 is 2.79 bits per heavy atom. The molecule has 1 N–H and O–H groups in total. The van der Waals surface area contributed by atoms with Crippen LogP contribution in [0, 0.1) is 0 Å². The summed E-state index contributed by atoms with van der Waals surface area (Å²) in [5.74, 6) is -0.323. The Hall–Kier alpha value is -2.49. The van der Waals surface area contributed by atoms with Crippen molar-refractivity contribution in [1.29, 1.82) is 0 Å². The van der Waals surface area contributed by atoms with Crippen LogP contribution in [-0.2, 0) is 11.3 Å². The second-order valence-electron chi connectivity index (χ2n) is 6.81. The van der Waals surface area contributed by atoms with Crippen LogP contribution in [0.15, 0.2) is 35.4 Å². The summed E-state index contributed by atoms with van der Waals surface area (Å²) in [5.41, 5.74) is 0.752. The number of piperazine rings is 1. The van der Waals surface area contributed by atoms with Crippen molar-refractivity contribution < 1.29 is 4.79 Å². The van der Waals surface area contributed by atoms with Gasteiger partial charge in [-0.15, -0.1) is 0 Å². The maximum absolute atomic E-state index is 12.8. The van der Waals surface area contributed by atoms with E-state index < -0.39 is 0 Å². The first-order valence-corrected chi connectivity index (χ1v) is 10.6. The number of likely N-dealkylation sites (N-methyl/N-ethyl adjacent to an activating group) is 1. The smallest absolute Gasteiger partial charge is 0.273 e. The van der Waals surface area contributed by atoms with Crippen LogP contribution in [0.1, 0.15) is 6.92 Å². The fourth-order valence-electron chi connectivity index (χ4n) is 3.26. The number of nitrogens with one attached hydrogen (secondary N) is 1. The number of hydrogen-bond donors (Lipinski definition) is 1. The third kappa shape index (κ3) is 4.42. The number of amides is 1. The number of aromatic nitrogens is 3. The number of anilines is 2. The van der Waals surface area contributed by atoms with E-state index in [0.29, 0.717) is 21.1 Å². The zero-order valence-electron chi connectivity index (χ0n) is 16.0. The van der Waals surface area contributed by atoms with E-state index in [4.69, 9.17) is 11.6 Å². The molecule has 0 spiro atoms. The molecule has 3 aromatic rings. The van der Waals surface area contributed by atoms with E-state index in [2.05, 4.69) is 32.0 Å². The molecule has 1 saturated heterocycles. The van der Waals surface area contributed by atoms with Crippen LogP contribution in [0.2, 0.25) is 5.02 Å². The third-order valence-corrected chi connectivity index (χ3v) is 6.21. The first-order valence-electron chi connectivity index (χ1n) is 9.42. The number of hydrogen-bond acceptors (Lipinski definition) is 7. The normalized spacial score (nSPS) is 15.0. The molecule has 2 aromatic heterocycles. The van der Waals surface area contributed by atoms with Crippen LogP contribution in [-0.4, -0.2) is 58.1 Å². The fraction of sp³-hybridized carbons (Fsp3) is 0.368. The molecule has 3 heterocycles. The maximum atomic E-state index is 12.8. The van der Waals surface area contributed by atoms with Gasteiger partial charge in [-0.2, -0.15) is 4.98 Å². The molecule has 0 atom stereocenters. The molecule has 1 fully saturated rings. The van der Waals surface area contributed by atoms with Crippen molar-refractivity contribution in [3.63, 3.8) is 0 Å².